The van der Waals surface area contributed by atoms with Gasteiger partial charge in [-0.15, -0.1) is 0 Å². The molecule has 5 aliphatic rings. The van der Waals surface area contributed by atoms with Crippen LogP contribution in [0.15, 0.2) is 0 Å². The summed E-state index contributed by atoms with van der Waals surface area (Å²) < 4.78 is 18.9. The standard InChI is InChI=1S/C21H37NO5/c1-13(2)12-22-10-11-23-18-15(4)17-7-6-14(3)16-8-9-20(5)25-19(24-18)21(16,17)27-26-20/h13-19,22H,6-12H2,1-5H3/t14-,15-,16+,17+,18+,19-,20-,21-/m1/s1. The summed E-state index contributed by atoms with van der Waals surface area (Å²) in [7, 11) is 0. The van der Waals surface area contributed by atoms with E-state index >= 15 is 0 Å². The molecule has 2 bridgehead atoms. The second-order valence-electron chi connectivity index (χ2n) is 9.74. The second kappa shape index (κ2) is 7.54. The molecule has 4 saturated heterocycles. The van der Waals surface area contributed by atoms with Gasteiger partial charge in [0.05, 0.1) is 6.61 Å². The smallest absolute Gasteiger partial charge is 0.201 e. The van der Waals surface area contributed by atoms with Crippen molar-refractivity contribution in [2.75, 3.05) is 19.7 Å². The van der Waals surface area contributed by atoms with Crippen LogP contribution in [0.25, 0.3) is 0 Å². The van der Waals surface area contributed by atoms with E-state index in [0.29, 0.717) is 30.3 Å². The number of hydrogen-bond donors (Lipinski definition) is 1. The van der Waals surface area contributed by atoms with Gasteiger partial charge in [0.25, 0.3) is 0 Å². The molecule has 4 heterocycles. The van der Waals surface area contributed by atoms with Crippen molar-refractivity contribution in [3.8, 4) is 0 Å². The van der Waals surface area contributed by atoms with Crippen LogP contribution in [-0.2, 0) is 24.0 Å². The minimum absolute atomic E-state index is 0.246. The number of hydrogen-bond acceptors (Lipinski definition) is 6. The summed E-state index contributed by atoms with van der Waals surface area (Å²) in [6, 6.07) is 0. The van der Waals surface area contributed by atoms with Crippen molar-refractivity contribution in [1.82, 2.24) is 5.32 Å². The van der Waals surface area contributed by atoms with E-state index in [4.69, 9.17) is 24.0 Å². The van der Waals surface area contributed by atoms with Gasteiger partial charge in [-0.05, 0) is 50.5 Å². The molecule has 1 N–H and O–H groups in total. The van der Waals surface area contributed by atoms with Crippen LogP contribution in [-0.4, -0.2) is 43.7 Å². The maximum Gasteiger partial charge on any atom is 0.201 e. The molecule has 6 heteroatoms. The summed E-state index contributed by atoms with van der Waals surface area (Å²) >= 11 is 0. The van der Waals surface area contributed by atoms with Gasteiger partial charge in [-0.1, -0.05) is 27.7 Å². The fraction of sp³-hybridized carbons (Fsp3) is 1.00. The lowest BCUT2D eigenvalue weighted by Crippen LogP contribution is -2.70. The van der Waals surface area contributed by atoms with Crippen molar-refractivity contribution < 1.29 is 24.0 Å². The zero-order valence-corrected chi connectivity index (χ0v) is 17.5. The highest BCUT2D eigenvalue weighted by Gasteiger charge is 2.69. The van der Waals surface area contributed by atoms with Crippen LogP contribution in [0.4, 0.5) is 0 Å². The molecular formula is C21H37NO5. The molecule has 0 amide bonds. The minimum Gasteiger partial charge on any atom is -0.351 e. The molecule has 6 nitrogen and oxygen atoms in total. The highest BCUT2D eigenvalue weighted by Crippen LogP contribution is 2.60. The van der Waals surface area contributed by atoms with Crippen molar-refractivity contribution in [2.24, 2.45) is 29.6 Å². The fourth-order valence-electron chi connectivity index (χ4n) is 5.70. The zero-order valence-electron chi connectivity index (χ0n) is 17.5. The molecule has 0 aromatic rings. The second-order valence-corrected chi connectivity index (χ2v) is 9.74. The van der Waals surface area contributed by atoms with E-state index in [2.05, 4.69) is 33.0 Å². The van der Waals surface area contributed by atoms with E-state index in [1.165, 1.54) is 6.42 Å². The van der Waals surface area contributed by atoms with Gasteiger partial charge in [-0.25, -0.2) is 9.78 Å². The Morgan fingerprint density at radius 1 is 1.11 bits per heavy atom. The first-order valence-electron chi connectivity index (χ1n) is 10.9. The maximum atomic E-state index is 6.41. The van der Waals surface area contributed by atoms with Crippen molar-refractivity contribution >= 4 is 0 Å². The van der Waals surface area contributed by atoms with Crippen molar-refractivity contribution in [1.29, 1.82) is 0 Å². The molecule has 5 fully saturated rings. The fourth-order valence-corrected chi connectivity index (χ4v) is 5.70. The van der Waals surface area contributed by atoms with Gasteiger partial charge in [0.2, 0.25) is 5.79 Å². The van der Waals surface area contributed by atoms with E-state index in [1.807, 2.05) is 6.92 Å². The molecule has 1 saturated carbocycles. The first kappa shape index (κ1) is 20.0. The molecule has 0 radical (unpaired) electrons. The Bertz CT molecular complexity index is 531. The van der Waals surface area contributed by atoms with Crippen LogP contribution < -0.4 is 5.32 Å². The molecule has 27 heavy (non-hydrogen) atoms. The number of rotatable bonds is 6. The van der Waals surface area contributed by atoms with E-state index in [9.17, 15) is 0 Å². The Morgan fingerprint density at radius 2 is 1.93 bits per heavy atom. The van der Waals surface area contributed by atoms with E-state index < -0.39 is 17.7 Å². The van der Waals surface area contributed by atoms with Crippen molar-refractivity contribution in [3.05, 3.63) is 0 Å². The van der Waals surface area contributed by atoms with Gasteiger partial charge in [0.15, 0.2) is 18.2 Å². The van der Waals surface area contributed by atoms with Crippen LogP contribution in [0, 0.1) is 29.6 Å². The normalized spacial score (nSPS) is 49.1. The molecular weight excluding hydrogens is 346 g/mol. The Hall–Kier alpha value is -0.240. The predicted molar refractivity (Wildman–Crippen MR) is 100 cm³/mol. The average molecular weight is 384 g/mol. The van der Waals surface area contributed by atoms with E-state index in [1.54, 1.807) is 0 Å². The van der Waals surface area contributed by atoms with E-state index in [-0.39, 0.29) is 12.2 Å². The highest BCUT2D eigenvalue weighted by atomic mass is 17.3. The van der Waals surface area contributed by atoms with Gasteiger partial charge in [-0.3, -0.25) is 0 Å². The molecule has 8 atom stereocenters. The Balaban J connectivity index is 1.48. The maximum absolute atomic E-state index is 6.41. The topological polar surface area (TPSA) is 58.2 Å². The Labute approximate surface area is 163 Å². The number of nitrogens with one attached hydrogen (secondary N) is 1. The summed E-state index contributed by atoms with van der Waals surface area (Å²) in [4.78, 5) is 12.0. The van der Waals surface area contributed by atoms with Gasteiger partial charge >= 0.3 is 0 Å². The third kappa shape index (κ3) is 3.47. The summed E-state index contributed by atoms with van der Waals surface area (Å²) in [6.07, 6.45) is 3.55. The third-order valence-electron chi connectivity index (χ3n) is 7.21. The average Bonchev–Trinajstić information content (AvgIpc) is 2.84. The highest BCUT2D eigenvalue weighted by molar-refractivity contribution is 5.09. The van der Waals surface area contributed by atoms with Crippen molar-refractivity contribution in [3.63, 3.8) is 0 Å². The minimum atomic E-state index is -0.721. The third-order valence-corrected chi connectivity index (χ3v) is 7.21. The molecule has 0 aromatic heterocycles. The van der Waals surface area contributed by atoms with Gasteiger partial charge < -0.3 is 19.5 Å². The lowest BCUT2D eigenvalue weighted by molar-refractivity contribution is -0.577. The molecule has 0 aromatic carbocycles. The Kier molecular flexibility index (Phi) is 5.60. The summed E-state index contributed by atoms with van der Waals surface area (Å²) in [6.45, 7) is 13.4. The monoisotopic (exact) mass is 383 g/mol. The number of fused-ring (bicyclic) bond motifs is 2. The van der Waals surface area contributed by atoms with Crippen LogP contribution in [0.5, 0.6) is 0 Å². The van der Waals surface area contributed by atoms with Crippen LogP contribution in [0.2, 0.25) is 0 Å². The van der Waals surface area contributed by atoms with E-state index in [0.717, 1.165) is 32.4 Å². The molecule has 0 unspecified atom stereocenters. The molecule has 5 rings (SSSR count). The lowest BCUT2D eigenvalue weighted by Gasteiger charge is -2.60. The zero-order chi connectivity index (χ0) is 19.2. The Morgan fingerprint density at radius 3 is 2.70 bits per heavy atom. The van der Waals surface area contributed by atoms with Gasteiger partial charge in [0.1, 0.15) is 0 Å². The van der Waals surface area contributed by atoms with Crippen LogP contribution >= 0.6 is 0 Å². The first-order valence-corrected chi connectivity index (χ1v) is 10.9. The summed E-state index contributed by atoms with van der Waals surface area (Å²) in [5.74, 6) is 1.49. The molecule has 1 aliphatic carbocycles. The largest absolute Gasteiger partial charge is 0.351 e. The first-order chi connectivity index (χ1) is 12.9. The quantitative estimate of drug-likeness (QED) is 0.560. The SMILES string of the molecule is CC(C)CNCCO[C@H]1O[C@@H]2O[C@@]3(C)CC[C@H]4[C@H](C)CC[C@@H]([C@H]1C)[C@@]24OO3. The van der Waals surface area contributed by atoms with Crippen molar-refractivity contribution in [2.45, 2.75) is 84.3 Å². The number of ether oxygens (including phenoxy) is 3. The molecule has 156 valence electrons. The molecule has 4 aliphatic heterocycles. The predicted octanol–water partition coefficient (Wildman–Crippen LogP) is 3.46. The van der Waals surface area contributed by atoms with Gasteiger partial charge in [-0.2, -0.15) is 0 Å². The van der Waals surface area contributed by atoms with Crippen LogP contribution in [0.1, 0.15) is 60.3 Å². The lowest BCUT2D eigenvalue weighted by atomic mass is 9.58. The van der Waals surface area contributed by atoms with Crippen LogP contribution in [0.3, 0.4) is 0 Å². The summed E-state index contributed by atoms with van der Waals surface area (Å²) in [5.41, 5.74) is -0.497. The molecule has 1 spiro atoms. The van der Waals surface area contributed by atoms with Gasteiger partial charge in [0, 0.05) is 24.8 Å². The summed E-state index contributed by atoms with van der Waals surface area (Å²) in [5, 5.41) is 3.43.